The molecule has 0 fully saturated rings. The van der Waals surface area contributed by atoms with E-state index < -0.39 is 11.4 Å². The van der Waals surface area contributed by atoms with Crippen LogP contribution in [0.4, 0.5) is 0 Å². The molecule has 0 amide bonds. The number of carboxylic acid groups (broad SMARTS) is 1. The molecule has 1 aromatic heterocycles. The molecule has 0 aliphatic rings. The lowest BCUT2D eigenvalue weighted by atomic mass is 9.80. The van der Waals surface area contributed by atoms with Crippen LogP contribution in [0, 0.1) is 6.92 Å². The van der Waals surface area contributed by atoms with E-state index in [2.05, 4.69) is 4.98 Å². The number of nitrogens with one attached hydrogen (secondary N) is 1. The van der Waals surface area contributed by atoms with Crippen molar-refractivity contribution in [3.63, 3.8) is 0 Å². The minimum Gasteiger partial charge on any atom is -0.494 e. The van der Waals surface area contributed by atoms with Crippen molar-refractivity contribution in [1.82, 2.24) is 4.98 Å². The van der Waals surface area contributed by atoms with E-state index in [1.807, 2.05) is 45.9 Å². The van der Waals surface area contributed by atoms with Crippen molar-refractivity contribution in [2.75, 3.05) is 6.61 Å². The van der Waals surface area contributed by atoms with Crippen LogP contribution in [0.25, 0.3) is 10.9 Å². The monoisotopic (exact) mass is 275 g/mol. The molecule has 1 heterocycles. The number of aliphatic carboxylic acids is 1. The average Bonchev–Trinajstić information content (AvgIpc) is 2.63. The van der Waals surface area contributed by atoms with Crippen LogP contribution in [0.3, 0.4) is 0 Å². The molecule has 1 aromatic carbocycles. The molecule has 0 bridgehead atoms. The second-order valence-electron chi connectivity index (χ2n) is 5.72. The first-order valence-electron chi connectivity index (χ1n) is 6.82. The molecule has 0 spiro atoms. The van der Waals surface area contributed by atoms with Gasteiger partial charge in [0.15, 0.2) is 0 Å². The van der Waals surface area contributed by atoms with E-state index in [1.165, 1.54) is 0 Å². The summed E-state index contributed by atoms with van der Waals surface area (Å²) in [4.78, 5) is 14.4. The molecule has 20 heavy (non-hydrogen) atoms. The van der Waals surface area contributed by atoms with Gasteiger partial charge in [0.2, 0.25) is 0 Å². The van der Waals surface area contributed by atoms with Gasteiger partial charge in [0.05, 0.1) is 13.0 Å². The van der Waals surface area contributed by atoms with Crippen molar-refractivity contribution in [3.05, 3.63) is 29.5 Å². The SMILES string of the molecule is CCOc1ccc2[nH]c(C)c(C(C)(C)CC(=O)O)c2c1. The average molecular weight is 275 g/mol. The maximum absolute atomic E-state index is 11.1. The Morgan fingerprint density at radius 1 is 1.40 bits per heavy atom. The van der Waals surface area contributed by atoms with Gasteiger partial charge in [-0.3, -0.25) is 4.79 Å². The highest BCUT2D eigenvalue weighted by molar-refractivity contribution is 5.87. The summed E-state index contributed by atoms with van der Waals surface area (Å²) in [7, 11) is 0. The lowest BCUT2D eigenvalue weighted by molar-refractivity contribution is -0.138. The van der Waals surface area contributed by atoms with Gasteiger partial charge in [-0.15, -0.1) is 0 Å². The molecule has 0 atom stereocenters. The summed E-state index contributed by atoms with van der Waals surface area (Å²) in [6, 6.07) is 5.89. The minimum atomic E-state index is -0.787. The van der Waals surface area contributed by atoms with Crippen molar-refractivity contribution >= 4 is 16.9 Å². The first kappa shape index (κ1) is 14.4. The highest BCUT2D eigenvalue weighted by Crippen LogP contribution is 2.37. The number of aromatic nitrogens is 1. The van der Waals surface area contributed by atoms with E-state index in [-0.39, 0.29) is 6.42 Å². The molecular weight excluding hydrogens is 254 g/mol. The molecule has 0 aliphatic carbocycles. The third-order valence-electron chi connectivity index (χ3n) is 3.54. The van der Waals surface area contributed by atoms with E-state index in [0.29, 0.717) is 6.61 Å². The number of hydrogen-bond acceptors (Lipinski definition) is 2. The van der Waals surface area contributed by atoms with Crippen molar-refractivity contribution < 1.29 is 14.6 Å². The summed E-state index contributed by atoms with van der Waals surface area (Å²) in [5, 5.41) is 10.2. The molecule has 4 heteroatoms. The maximum atomic E-state index is 11.1. The fourth-order valence-electron chi connectivity index (χ4n) is 2.90. The van der Waals surface area contributed by atoms with Crippen LogP contribution in [0.2, 0.25) is 0 Å². The molecule has 0 saturated heterocycles. The normalized spacial score (nSPS) is 11.8. The van der Waals surface area contributed by atoms with Crippen molar-refractivity contribution in [1.29, 1.82) is 0 Å². The van der Waals surface area contributed by atoms with E-state index in [9.17, 15) is 4.79 Å². The number of carbonyl (C=O) groups is 1. The zero-order valence-corrected chi connectivity index (χ0v) is 12.4. The largest absolute Gasteiger partial charge is 0.494 e. The third kappa shape index (κ3) is 2.64. The van der Waals surface area contributed by atoms with Crippen LogP contribution in [-0.4, -0.2) is 22.7 Å². The number of ether oxygens (including phenoxy) is 1. The molecular formula is C16H21NO3. The number of rotatable bonds is 5. The fraction of sp³-hybridized carbons (Fsp3) is 0.438. The predicted molar refractivity (Wildman–Crippen MR) is 79.5 cm³/mol. The molecule has 2 N–H and O–H groups in total. The van der Waals surface area contributed by atoms with Gasteiger partial charge < -0.3 is 14.8 Å². The third-order valence-corrected chi connectivity index (χ3v) is 3.54. The topological polar surface area (TPSA) is 62.3 Å². The second kappa shape index (κ2) is 5.19. The van der Waals surface area contributed by atoms with E-state index in [0.717, 1.165) is 27.9 Å². The number of hydrogen-bond donors (Lipinski definition) is 2. The molecule has 2 rings (SSSR count). The molecule has 0 unspecified atom stereocenters. The highest BCUT2D eigenvalue weighted by atomic mass is 16.5. The van der Waals surface area contributed by atoms with Crippen LogP contribution in [0.5, 0.6) is 5.75 Å². The first-order valence-corrected chi connectivity index (χ1v) is 6.82. The summed E-state index contributed by atoms with van der Waals surface area (Å²) < 4.78 is 5.54. The Labute approximate surface area is 118 Å². The zero-order chi connectivity index (χ0) is 14.9. The Morgan fingerprint density at radius 3 is 2.70 bits per heavy atom. The number of carboxylic acids is 1. The van der Waals surface area contributed by atoms with Gasteiger partial charge >= 0.3 is 5.97 Å². The molecule has 0 saturated carbocycles. The standard InChI is InChI=1S/C16H21NO3/c1-5-20-11-6-7-13-12(8-11)15(10(2)17-13)16(3,4)9-14(18)19/h6-8,17H,5,9H2,1-4H3,(H,18,19). The lowest BCUT2D eigenvalue weighted by Gasteiger charge is -2.23. The van der Waals surface area contributed by atoms with Gasteiger partial charge in [0.1, 0.15) is 5.75 Å². The summed E-state index contributed by atoms with van der Waals surface area (Å²) in [6.45, 7) is 8.47. The van der Waals surface area contributed by atoms with E-state index in [1.54, 1.807) is 0 Å². The highest BCUT2D eigenvalue weighted by Gasteiger charge is 2.29. The zero-order valence-electron chi connectivity index (χ0n) is 12.4. The summed E-state index contributed by atoms with van der Waals surface area (Å²) in [5.41, 5.74) is 2.65. The molecule has 4 nitrogen and oxygen atoms in total. The minimum absolute atomic E-state index is 0.0969. The van der Waals surface area contributed by atoms with E-state index >= 15 is 0 Å². The Hall–Kier alpha value is -1.97. The van der Waals surface area contributed by atoms with Crippen molar-refractivity contribution in [2.24, 2.45) is 0 Å². The first-order chi connectivity index (χ1) is 9.35. The van der Waals surface area contributed by atoms with Crippen molar-refractivity contribution in [3.8, 4) is 5.75 Å². The van der Waals surface area contributed by atoms with Crippen LogP contribution < -0.4 is 4.74 Å². The number of aromatic amines is 1. The Bertz CT molecular complexity index is 640. The number of H-pyrrole nitrogens is 1. The van der Waals surface area contributed by atoms with Crippen LogP contribution in [0.1, 0.15) is 38.4 Å². The Balaban J connectivity index is 2.58. The Morgan fingerprint density at radius 2 is 2.10 bits per heavy atom. The number of fused-ring (bicyclic) bond motifs is 1. The van der Waals surface area contributed by atoms with Gasteiger partial charge in [0.25, 0.3) is 0 Å². The predicted octanol–water partition coefficient (Wildman–Crippen LogP) is 3.63. The lowest BCUT2D eigenvalue weighted by Crippen LogP contribution is -2.22. The van der Waals surface area contributed by atoms with Crippen molar-refractivity contribution in [2.45, 2.75) is 39.5 Å². The molecule has 2 aromatic rings. The summed E-state index contributed by atoms with van der Waals surface area (Å²) >= 11 is 0. The van der Waals surface area contributed by atoms with Crippen LogP contribution in [0.15, 0.2) is 18.2 Å². The second-order valence-corrected chi connectivity index (χ2v) is 5.72. The number of benzene rings is 1. The Kier molecular flexibility index (Phi) is 3.75. The van der Waals surface area contributed by atoms with Gasteiger partial charge in [-0.1, -0.05) is 13.8 Å². The fourth-order valence-corrected chi connectivity index (χ4v) is 2.90. The maximum Gasteiger partial charge on any atom is 0.304 e. The molecule has 108 valence electrons. The van der Waals surface area contributed by atoms with Gasteiger partial charge in [0, 0.05) is 22.0 Å². The van der Waals surface area contributed by atoms with Gasteiger partial charge in [-0.05, 0) is 37.6 Å². The summed E-state index contributed by atoms with van der Waals surface area (Å²) in [6.07, 6.45) is 0.0969. The van der Waals surface area contributed by atoms with E-state index in [4.69, 9.17) is 9.84 Å². The molecule has 0 radical (unpaired) electrons. The quantitative estimate of drug-likeness (QED) is 0.876. The van der Waals surface area contributed by atoms with Gasteiger partial charge in [-0.2, -0.15) is 0 Å². The smallest absolute Gasteiger partial charge is 0.304 e. The van der Waals surface area contributed by atoms with Gasteiger partial charge in [-0.25, -0.2) is 0 Å². The summed E-state index contributed by atoms with van der Waals surface area (Å²) in [5.74, 6) is 0.0242. The van der Waals surface area contributed by atoms with Crippen LogP contribution in [-0.2, 0) is 10.2 Å². The number of aryl methyl sites for hydroxylation is 1. The molecule has 0 aliphatic heterocycles. The van der Waals surface area contributed by atoms with Crippen LogP contribution >= 0.6 is 0 Å².